The molecule has 1 saturated heterocycles. The van der Waals surface area contributed by atoms with E-state index in [0.29, 0.717) is 17.1 Å². The number of carboxylic acids is 1. The Labute approximate surface area is 172 Å². The van der Waals surface area contributed by atoms with Gasteiger partial charge in [-0.15, -0.1) is 0 Å². The topological polar surface area (TPSA) is 103 Å². The monoisotopic (exact) mass is 401 g/mol. The molecular weight excluding hydrogens is 384 g/mol. The average molecular weight is 401 g/mol. The molecule has 7 nitrogen and oxygen atoms in total. The first-order valence-electron chi connectivity index (χ1n) is 9.23. The third kappa shape index (κ3) is 3.73. The van der Waals surface area contributed by atoms with E-state index in [1.807, 2.05) is 30.3 Å². The maximum Gasteiger partial charge on any atom is 0.329 e. The third-order valence-electron chi connectivity index (χ3n) is 4.79. The van der Waals surface area contributed by atoms with Crippen molar-refractivity contribution in [3.63, 3.8) is 0 Å². The number of carbonyl (C=O) groups is 3. The zero-order valence-electron chi connectivity index (χ0n) is 16.0. The Morgan fingerprint density at radius 2 is 1.87 bits per heavy atom. The van der Waals surface area contributed by atoms with Crippen molar-refractivity contribution in [3.8, 4) is 11.3 Å². The maximum absolute atomic E-state index is 12.6. The van der Waals surface area contributed by atoms with Gasteiger partial charge in [0, 0.05) is 11.6 Å². The molecule has 1 N–H and O–H groups in total. The van der Waals surface area contributed by atoms with E-state index >= 15 is 0 Å². The lowest BCUT2D eigenvalue weighted by Crippen LogP contribution is -2.30. The number of rotatable bonds is 5. The highest BCUT2D eigenvalue weighted by Gasteiger charge is 2.33. The summed E-state index contributed by atoms with van der Waals surface area (Å²) in [5.74, 6) is -0.776. The van der Waals surface area contributed by atoms with Gasteiger partial charge in [-0.2, -0.15) is 0 Å². The molecule has 0 radical (unpaired) electrons. The van der Waals surface area contributed by atoms with Crippen LogP contribution in [-0.2, 0) is 11.3 Å². The predicted octanol–water partition coefficient (Wildman–Crippen LogP) is 2.71. The molecule has 0 atom stereocenters. The van der Waals surface area contributed by atoms with Crippen LogP contribution in [0.5, 0.6) is 0 Å². The Balaban J connectivity index is 1.55. The number of hydrogen-bond acceptors (Lipinski definition) is 5. The van der Waals surface area contributed by atoms with E-state index in [1.165, 1.54) is 18.2 Å². The largest absolute Gasteiger partial charge is 0.545 e. The van der Waals surface area contributed by atoms with Gasteiger partial charge in [0.15, 0.2) is 0 Å². The van der Waals surface area contributed by atoms with Crippen molar-refractivity contribution in [2.45, 2.75) is 13.5 Å². The van der Waals surface area contributed by atoms with E-state index in [9.17, 15) is 19.5 Å². The number of imide groups is 1. The van der Waals surface area contributed by atoms with Crippen LogP contribution in [0.25, 0.3) is 17.4 Å². The molecule has 3 amide bonds. The Morgan fingerprint density at radius 3 is 2.57 bits per heavy atom. The minimum absolute atomic E-state index is 0.0860. The second-order valence-corrected chi connectivity index (χ2v) is 6.88. The van der Waals surface area contributed by atoms with Crippen molar-refractivity contribution in [2.75, 3.05) is 0 Å². The lowest BCUT2D eigenvalue weighted by Gasteiger charge is -2.11. The van der Waals surface area contributed by atoms with Crippen LogP contribution >= 0.6 is 0 Å². The fourth-order valence-electron chi connectivity index (χ4n) is 3.27. The standard InChI is InChI=1S/C23H18N2O5/c1-14-11-16(22(27)28)7-9-18(14)20-10-8-17(30-20)12-19-21(26)25(23(29)24-19)13-15-5-3-2-4-6-15/h2-12H,13H2,1H3,(H,24,29)(H,27,28)/p-1/b19-12-. The number of aryl methyl sites for hydroxylation is 1. The van der Waals surface area contributed by atoms with Crippen LogP contribution in [0.15, 0.2) is 70.8 Å². The second kappa shape index (κ2) is 7.71. The van der Waals surface area contributed by atoms with Crippen molar-refractivity contribution >= 4 is 24.0 Å². The minimum Gasteiger partial charge on any atom is -0.545 e. The molecule has 4 rings (SSSR count). The lowest BCUT2D eigenvalue weighted by atomic mass is 10.0. The zero-order chi connectivity index (χ0) is 21.3. The van der Waals surface area contributed by atoms with Gasteiger partial charge in [0.1, 0.15) is 17.2 Å². The first-order valence-corrected chi connectivity index (χ1v) is 9.23. The summed E-state index contributed by atoms with van der Waals surface area (Å²) >= 11 is 0. The van der Waals surface area contributed by atoms with E-state index in [-0.39, 0.29) is 17.8 Å². The van der Waals surface area contributed by atoms with Gasteiger partial charge >= 0.3 is 6.03 Å². The van der Waals surface area contributed by atoms with Crippen molar-refractivity contribution in [2.24, 2.45) is 0 Å². The summed E-state index contributed by atoms with van der Waals surface area (Å²) in [7, 11) is 0. The maximum atomic E-state index is 12.6. The van der Waals surface area contributed by atoms with Crippen LogP contribution < -0.4 is 10.4 Å². The number of benzene rings is 2. The molecule has 0 saturated carbocycles. The molecule has 2 heterocycles. The number of carboxylic acid groups (broad SMARTS) is 1. The number of urea groups is 1. The highest BCUT2D eigenvalue weighted by molar-refractivity contribution is 6.13. The first kappa shape index (κ1) is 19.2. The summed E-state index contributed by atoms with van der Waals surface area (Å²) in [6.07, 6.45) is 1.47. The SMILES string of the molecule is Cc1cc(C(=O)[O-])ccc1-c1ccc(/C=C2\NC(=O)N(Cc3ccccc3)C2=O)o1. The van der Waals surface area contributed by atoms with Crippen molar-refractivity contribution in [1.82, 2.24) is 10.2 Å². The summed E-state index contributed by atoms with van der Waals surface area (Å²) in [4.78, 5) is 37.0. The van der Waals surface area contributed by atoms with E-state index in [0.717, 1.165) is 16.0 Å². The molecule has 1 aromatic heterocycles. The molecule has 1 aliphatic rings. The zero-order valence-corrected chi connectivity index (χ0v) is 16.0. The molecule has 0 unspecified atom stereocenters. The van der Waals surface area contributed by atoms with Gasteiger partial charge in [-0.3, -0.25) is 9.69 Å². The van der Waals surface area contributed by atoms with Gasteiger partial charge in [-0.25, -0.2) is 4.79 Å². The van der Waals surface area contributed by atoms with E-state index < -0.39 is 17.9 Å². The van der Waals surface area contributed by atoms with Crippen molar-refractivity contribution in [3.05, 3.63) is 88.8 Å². The fraction of sp³-hybridized carbons (Fsp3) is 0.0870. The number of aromatic carboxylic acids is 1. The van der Waals surface area contributed by atoms with Gasteiger partial charge in [-0.1, -0.05) is 42.5 Å². The van der Waals surface area contributed by atoms with Gasteiger partial charge in [-0.05, 0) is 41.8 Å². The Kier molecular flexibility index (Phi) is 4.93. The number of carbonyl (C=O) groups excluding carboxylic acids is 3. The van der Waals surface area contributed by atoms with Crippen LogP contribution in [0, 0.1) is 6.92 Å². The van der Waals surface area contributed by atoms with Gasteiger partial charge in [0.05, 0.1) is 12.5 Å². The number of nitrogens with zero attached hydrogens (tertiary/aromatic N) is 1. The van der Waals surface area contributed by atoms with Gasteiger partial charge in [0.25, 0.3) is 5.91 Å². The van der Waals surface area contributed by atoms with E-state index in [4.69, 9.17) is 4.42 Å². The Bertz CT molecular complexity index is 1180. The van der Waals surface area contributed by atoms with Gasteiger partial charge < -0.3 is 19.6 Å². The molecule has 30 heavy (non-hydrogen) atoms. The summed E-state index contributed by atoms with van der Waals surface area (Å²) in [5.41, 5.74) is 2.49. The third-order valence-corrected chi connectivity index (χ3v) is 4.79. The van der Waals surface area contributed by atoms with Gasteiger partial charge in [0.2, 0.25) is 0 Å². The van der Waals surface area contributed by atoms with Crippen molar-refractivity contribution in [1.29, 1.82) is 0 Å². The van der Waals surface area contributed by atoms with Crippen LogP contribution in [0.4, 0.5) is 4.79 Å². The molecule has 0 aliphatic carbocycles. The molecule has 1 fully saturated rings. The van der Waals surface area contributed by atoms with E-state index in [1.54, 1.807) is 25.1 Å². The molecular formula is C23H17N2O5-. The smallest absolute Gasteiger partial charge is 0.329 e. The van der Waals surface area contributed by atoms with Crippen LogP contribution in [0.2, 0.25) is 0 Å². The number of furan rings is 1. The Morgan fingerprint density at radius 1 is 1.10 bits per heavy atom. The lowest BCUT2D eigenvalue weighted by molar-refractivity contribution is -0.255. The van der Waals surface area contributed by atoms with Crippen molar-refractivity contribution < 1.29 is 23.9 Å². The van der Waals surface area contributed by atoms with Crippen LogP contribution in [-0.4, -0.2) is 22.8 Å². The summed E-state index contributed by atoms with van der Waals surface area (Å²) < 4.78 is 5.79. The summed E-state index contributed by atoms with van der Waals surface area (Å²) in [5, 5.41) is 13.6. The van der Waals surface area contributed by atoms with E-state index in [2.05, 4.69) is 5.32 Å². The fourth-order valence-corrected chi connectivity index (χ4v) is 3.27. The molecule has 0 bridgehead atoms. The minimum atomic E-state index is -1.25. The molecule has 7 heteroatoms. The predicted molar refractivity (Wildman–Crippen MR) is 107 cm³/mol. The molecule has 1 aliphatic heterocycles. The molecule has 0 spiro atoms. The molecule has 3 aromatic rings. The molecule has 2 aromatic carbocycles. The number of amides is 3. The summed E-state index contributed by atoms with van der Waals surface area (Å²) in [6.45, 7) is 1.95. The summed E-state index contributed by atoms with van der Waals surface area (Å²) in [6, 6.07) is 16.7. The Hall–Kier alpha value is -4.13. The number of nitrogens with one attached hydrogen (secondary N) is 1. The van der Waals surface area contributed by atoms with Crippen LogP contribution in [0.1, 0.15) is 27.2 Å². The average Bonchev–Trinajstić information content (AvgIpc) is 3.29. The highest BCUT2D eigenvalue weighted by atomic mass is 16.4. The normalized spacial score (nSPS) is 15.0. The number of hydrogen-bond donors (Lipinski definition) is 1. The highest BCUT2D eigenvalue weighted by Crippen LogP contribution is 2.27. The quantitative estimate of drug-likeness (QED) is 0.523. The second-order valence-electron chi connectivity index (χ2n) is 6.88. The van der Waals surface area contributed by atoms with Crippen LogP contribution in [0.3, 0.4) is 0 Å². The molecule has 150 valence electrons. The first-order chi connectivity index (χ1) is 14.4.